The summed E-state index contributed by atoms with van der Waals surface area (Å²) in [6.45, 7) is 3.54. The molecule has 32 heavy (non-hydrogen) atoms. The largest absolute Gasteiger partial charge is 0.478 e. The molecule has 0 radical (unpaired) electrons. The number of nitrogens with one attached hydrogen (secondary N) is 1. The molecule has 2 N–H and O–H groups in total. The van der Waals surface area contributed by atoms with Crippen molar-refractivity contribution < 1.29 is 52.8 Å². The molecule has 0 saturated carbocycles. The summed E-state index contributed by atoms with van der Waals surface area (Å²) in [4.78, 5) is 69.8. The van der Waals surface area contributed by atoms with Crippen LogP contribution in [0.1, 0.15) is 38.1 Å². The van der Waals surface area contributed by atoms with Gasteiger partial charge in [0.1, 0.15) is 6.61 Å². The number of carboxylic acids is 1. The number of hydrogen-bond donors (Lipinski definition) is 2. The predicted molar refractivity (Wildman–Crippen MR) is 105 cm³/mol. The Hall–Kier alpha value is -3.96. The van der Waals surface area contributed by atoms with Crippen LogP contribution in [0.25, 0.3) is 0 Å². The highest BCUT2D eigenvalue weighted by Gasteiger charge is 2.42. The van der Waals surface area contributed by atoms with Crippen molar-refractivity contribution in [2.24, 2.45) is 0 Å². The van der Waals surface area contributed by atoms with Crippen LogP contribution in [0.15, 0.2) is 24.3 Å². The fourth-order valence-corrected chi connectivity index (χ4v) is 2.49. The SMILES string of the molecule is CC(=O)OCC(OC(C)=O)[C@@H](OC(C)=O)[C@@H](OC(C)=O)C(=O)Nc1ccc(C(=O)O)cc1. The number of carbonyl (C=O) groups is 6. The van der Waals surface area contributed by atoms with E-state index < -0.39 is 60.7 Å². The van der Waals surface area contributed by atoms with Gasteiger partial charge in [-0.2, -0.15) is 0 Å². The molecular weight excluding hydrogens is 430 g/mol. The Morgan fingerprint density at radius 1 is 0.812 bits per heavy atom. The second kappa shape index (κ2) is 12.0. The summed E-state index contributed by atoms with van der Waals surface area (Å²) in [5.74, 6) is -5.55. The first-order chi connectivity index (χ1) is 14.9. The Labute approximate surface area is 182 Å². The van der Waals surface area contributed by atoms with E-state index in [4.69, 9.17) is 24.1 Å². The highest BCUT2D eigenvalue weighted by Crippen LogP contribution is 2.18. The molecule has 0 saturated heterocycles. The first-order valence-corrected chi connectivity index (χ1v) is 9.20. The first-order valence-electron chi connectivity index (χ1n) is 9.20. The number of anilines is 1. The van der Waals surface area contributed by atoms with Crippen molar-refractivity contribution >= 4 is 41.4 Å². The highest BCUT2D eigenvalue weighted by molar-refractivity contribution is 5.96. The zero-order valence-corrected chi connectivity index (χ0v) is 17.8. The molecule has 0 aliphatic carbocycles. The van der Waals surface area contributed by atoms with E-state index in [1.165, 1.54) is 24.3 Å². The van der Waals surface area contributed by atoms with Gasteiger partial charge in [-0.05, 0) is 24.3 Å². The maximum Gasteiger partial charge on any atom is 0.335 e. The van der Waals surface area contributed by atoms with Crippen LogP contribution >= 0.6 is 0 Å². The molecule has 1 rings (SSSR count). The monoisotopic (exact) mass is 453 g/mol. The van der Waals surface area contributed by atoms with Crippen molar-refractivity contribution in [3.8, 4) is 0 Å². The molecule has 0 spiro atoms. The molecule has 3 atom stereocenters. The average molecular weight is 453 g/mol. The molecule has 1 aromatic carbocycles. The van der Waals surface area contributed by atoms with Crippen LogP contribution in [0, 0.1) is 0 Å². The van der Waals surface area contributed by atoms with Gasteiger partial charge < -0.3 is 29.4 Å². The van der Waals surface area contributed by atoms with E-state index in [9.17, 15) is 28.8 Å². The summed E-state index contributed by atoms with van der Waals surface area (Å²) >= 11 is 0. The topological polar surface area (TPSA) is 172 Å². The summed E-state index contributed by atoms with van der Waals surface area (Å²) in [6.07, 6.45) is -4.96. The number of ether oxygens (including phenoxy) is 4. The number of benzene rings is 1. The lowest BCUT2D eigenvalue weighted by Crippen LogP contribution is -2.52. The van der Waals surface area contributed by atoms with Crippen molar-refractivity contribution in [1.29, 1.82) is 0 Å². The van der Waals surface area contributed by atoms with Gasteiger partial charge in [0, 0.05) is 33.4 Å². The second-order valence-electron chi connectivity index (χ2n) is 6.43. The number of aromatic carboxylic acids is 1. The second-order valence-corrected chi connectivity index (χ2v) is 6.43. The minimum atomic E-state index is -1.81. The van der Waals surface area contributed by atoms with Gasteiger partial charge in [0.05, 0.1) is 5.56 Å². The average Bonchev–Trinajstić information content (AvgIpc) is 2.67. The molecule has 1 unspecified atom stereocenters. The lowest BCUT2D eigenvalue weighted by molar-refractivity contribution is -0.190. The van der Waals surface area contributed by atoms with E-state index in [1.807, 2.05) is 0 Å². The van der Waals surface area contributed by atoms with Crippen LogP contribution in [0.2, 0.25) is 0 Å². The van der Waals surface area contributed by atoms with E-state index in [0.717, 1.165) is 27.7 Å². The summed E-state index contributed by atoms with van der Waals surface area (Å²) in [7, 11) is 0. The molecular formula is C20H23NO11. The summed E-state index contributed by atoms with van der Waals surface area (Å²) in [6, 6.07) is 5.03. The van der Waals surface area contributed by atoms with Gasteiger partial charge in [-0.3, -0.25) is 24.0 Å². The van der Waals surface area contributed by atoms with Crippen LogP contribution in [-0.2, 0) is 42.9 Å². The lowest BCUT2D eigenvalue weighted by Gasteiger charge is -2.30. The third-order valence-corrected chi connectivity index (χ3v) is 3.69. The van der Waals surface area contributed by atoms with Gasteiger partial charge in [0.25, 0.3) is 5.91 Å². The number of hydrogen-bond acceptors (Lipinski definition) is 10. The number of esters is 4. The minimum Gasteiger partial charge on any atom is -0.478 e. The van der Waals surface area contributed by atoms with Gasteiger partial charge in [-0.15, -0.1) is 0 Å². The van der Waals surface area contributed by atoms with E-state index in [2.05, 4.69) is 5.32 Å². The molecule has 0 aliphatic rings. The predicted octanol–water partition coefficient (Wildman–Crippen LogP) is 0.682. The fraction of sp³-hybridized carbons (Fsp3) is 0.400. The van der Waals surface area contributed by atoms with Crippen molar-refractivity contribution in [3.63, 3.8) is 0 Å². The van der Waals surface area contributed by atoms with Crippen molar-refractivity contribution in [2.75, 3.05) is 11.9 Å². The summed E-state index contributed by atoms with van der Waals surface area (Å²) in [5, 5.41) is 11.3. The van der Waals surface area contributed by atoms with Crippen LogP contribution in [-0.4, -0.2) is 65.8 Å². The minimum absolute atomic E-state index is 0.0337. The quantitative estimate of drug-likeness (QED) is 0.377. The highest BCUT2D eigenvalue weighted by atomic mass is 16.6. The van der Waals surface area contributed by atoms with Crippen molar-refractivity contribution in [1.82, 2.24) is 0 Å². The zero-order chi connectivity index (χ0) is 24.4. The molecule has 0 aliphatic heterocycles. The molecule has 0 bridgehead atoms. The lowest BCUT2D eigenvalue weighted by atomic mass is 10.1. The molecule has 1 aromatic rings. The molecule has 174 valence electrons. The van der Waals surface area contributed by atoms with Gasteiger partial charge >= 0.3 is 29.8 Å². The molecule has 0 aromatic heterocycles. The van der Waals surface area contributed by atoms with Gasteiger partial charge in [-0.1, -0.05) is 0 Å². The number of amides is 1. The fourth-order valence-electron chi connectivity index (χ4n) is 2.49. The third-order valence-electron chi connectivity index (χ3n) is 3.69. The Morgan fingerprint density at radius 3 is 1.78 bits per heavy atom. The smallest absolute Gasteiger partial charge is 0.335 e. The third kappa shape index (κ3) is 8.81. The molecule has 0 fully saturated rings. The number of carboxylic acid groups (broad SMARTS) is 1. The maximum absolute atomic E-state index is 12.9. The van der Waals surface area contributed by atoms with Gasteiger partial charge in [0.2, 0.25) is 6.10 Å². The van der Waals surface area contributed by atoms with Crippen molar-refractivity contribution in [2.45, 2.75) is 46.0 Å². The Balaban J connectivity index is 3.27. The van der Waals surface area contributed by atoms with E-state index >= 15 is 0 Å². The Kier molecular flexibility index (Phi) is 9.80. The van der Waals surface area contributed by atoms with Crippen LogP contribution in [0.4, 0.5) is 5.69 Å². The van der Waals surface area contributed by atoms with E-state index in [1.54, 1.807) is 0 Å². The number of rotatable bonds is 10. The molecule has 12 heteroatoms. The molecule has 1 amide bonds. The summed E-state index contributed by atoms with van der Waals surface area (Å²) < 4.78 is 20.0. The number of carbonyl (C=O) groups excluding carboxylic acids is 5. The van der Waals surface area contributed by atoms with Gasteiger partial charge in [-0.25, -0.2) is 4.79 Å². The Bertz CT molecular complexity index is 878. The van der Waals surface area contributed by atoms with Gasteiger partial charge in [0.15, 0.2) is 12.2 Å². The van der Waals surface area contributed by atoms with Crippen molar-refractivity contribution in [3.05, 3.63) is 29.8 Å². The molecule has 12 nitrogen and oxygen atoms in total. The zero-order valence-electron chi connectivity index (χ0n) is 17.8. The standard InChI is InChI=1S/C20H23NO11/c1-10(22)29-9-16(30-11(2)23)17(31-12(3)24)18(32-13(4)25)19(26)21-15-7-5-14(6-8-15)20(27)28/h5-8,16-18H,9H2,1-4H3,(H,21,26)(H,27,28)/t16?,17-,18-/m1/s1. The Morgan fingerprint density at radius 2 is 1.34 bits per heavy atom. The molecule has 0 heterocycles. The van der Waals surface area contributed by atoms with Crippen LogP contribution < -0.4 is 5.32 Å². The summed E-state index contributed by atoms with van der Waals surface area (Å²) in [5.41, 5.74) is 0.108. The van der Waals surface area contributed by atoms with Crippen LogP contribution in [0.3, 0.4) is 0 Å². The maximum atomic E-state index is 12.9. The van der Waals surface area contributed by atoms with E-state index in [0.29, 0.717) is 0 Å². The van der Waals surface area contributed by atoms with Crippen LogP contribution in [0.5, 0.6) is 0 Å². The van der Waals surface area contributed by atoms with E-state index in [-0.39, 0.29) is 11.3 Å². The first kappa shape index (κ1) is 26.1. The normalized spacial score (nSPS) is 13.0.